The number of rotatable bonds is 2. The Hall–Kier alpha value is -1.31. The van der Waals surface area contributed by atoms with E-state index in [2.05, 4.69) is 70.4 Å². The van der Waals surface area contributed by atoms with Gasteiger partial charge in [0.2, 0.25) is 0 Å². The summed E-state index contributed by atoms with van der Waals surface area (Å²) in [6, 6.07) is 8.96. The van der Waals surface area contributed by atoms with Crippen LogP contribution in [0.1, 0.15) is 85.0 Å². The van der Waals surface area contributed by atoms with Crippen molar-refractivity contribution in [1.29, 1.82) is 0 Å². The maximum atomic E-state index is 4.76. The van der Waals surface area contributed by atoms with Gasteiger partial charge in [-0.05, 0) is 38.8 Å². The molecule has 1 saturated carbocycles. The second-order valence-electron chi connectivity index (χ2n) is 6.11. The molecule has 21 heavy (non-hydrogen) atoms. The third kappa shape index (κ3) is 4.87. The van der Waals surface area contributed by atoms with Gasteiger partial charge < -0.3 is 4.57 Å². The van der Waals surface area contributed by atoms with Gasteiger partial charge in [-0.25, -0.2) is 4.98 Å². The highest BCUT2D eigenvalue weighted by Gasteiger charge is 2.30. The summed E-state index contributed by atoms with van der Waals surface area (Å²) in [4.78, 5) is 4.76. The van der Waals surface area contributed by atoms with Gasteiger partial charge in [0.15, 0.2) is 0 Å². The number of imidazole rings is 1. The van der Waals surface area contributed by atoms with E-state index >= 15 is 0 Å². The minimum Gasteiger partial charge on any atom is -0.325 e. The number of hydrogen-bond acceptors (Lipinski definition) is 1. The number of nitrogens with zero attached hydrogens (tertiary/aromatic N) is 2. The second-order valence-corrected chi connectivity index (χ2v) is 6.11. The van der Waals surface area contributed by atoms with Crippen LogP contribution in [0.2, 0.25) is 0 Å². The first-order chi connectivity index (χ1) is 10.1. The zero-order chi connectivity index (χ0) is 15.8. The second kappa shape index (κ2) is 8.86. The Labute approximate surface area is 130 Å². The van der Waals surface area contributed by atoms with Gasteiger partial charge in [0.25, 0.3) is 0 Å². The summed E-state index contributed by atoms with van der Waals surface area (Å²) in [7, 11) is 0. The molecule has 3 rings (SSSR count). The molecule has 0 N–H and O–H groups in total. The van der Waals surface area contributed by atoms with Crippen LogP contribution in [0.15, 0.2) is 24.3 Å². The van der Waals surface area contributed by atoms with Crippen LogP contribution >= 0.6 is 0 Å². The third-order valence-corrected chi connectivity index (χ3v) is 3.08. The van der Waals surface area contributed by atoms with E-state index in [1.165, 1.54) is 37.0 Å². The fourth-order valence-corrected chi connectivity index (χ4v) is 2.24. The van der Waals surface area contributed by atoms with E-state index in [0.29, 0.717) is 6.04 Å². The quantitative estimate of drug-likeness (QED) is 0.631. The first-order valence-corrected chi connectivity index (χ1v) is 8.57. The summed E-state index contributed by atoms with van der Waals surface area (Å²) in [6.45, 7) is 13.0. The summed E-state index contributed by atoms with van der Waals surface area (Å²) in [5.74, 6) is 2.02. The summed E-state index contributed by atoms with van der Waals surface area (Å²) < 4.78 is 2.40. The van der Waals surface area contributed by atoms with Gasteiger partial charge in [-0.2, -0.15) is 0 Å². The van der Waals surface area contributed by atoms with Gasteiger partial charge in [-0.3, -0.25) is 0 Å². The number of fused-ring (bicyclic) bond motifs is 1. The Balaban J connectivity index is 0.000000321. The lowest BCUT2D eigenvalue weighted by Gasteiger charge is -2.12. The van der Waals surface area contributed by atoms with Crippen LogP contribution in [0.4, 0.5) is 0 Å². The molecule has 0 amide bonds. The van der Waals surface area contributed by atoms with E-state index < -0.39 is 0 Å². The summed E-state index contributed by atoms with van der Waals surface area (Å²) >= 11 is 0. The van der Waals surface area contributed by atoms with Crippen LogP contribution in [0.5, 0.6) is 0 Å². The molecule has 1 aromatic heterocycles. The number of para-hydroxylation sites is 2. The van der Waals surface area contributed by atoms with Crippen LogP contribution < -0.4 is 0 Å². The molecule has 0 radical (unpaired) electrons. The monoisotopic (exact) mass is 288 g/mol. The molecule has 1 fully saturated rings. The van der Waals surface area contributed by atoms with Crippen molar-refractivity contribution in [2.75, 3.05) is 0 Å². The predicted molar refractivity (Wildman–Crippen MR) is 94.0 cm³/mol. The van der Waals surface area contributed by atoms with Crippen LogP contribution in [0.3, 0.4) is 0 Å². The summed E-state index contributed by atoms with van der Waals surface area (Å²) in [6.07, 6.45) is 5.13. The average molecular weight is 288 g/mol. The highest BCUT2D eigenvalue weighted by molar-refractivity contribution is 5.76. The molecule has 0 unspecified atom stereocenters. The predicted octanol–water partition coefficient (Wildman–Crippen LogP) is 6.33. The summed E-state index contributed by atoms with van der Waals surface area (Å²) in [5, 5.41) is 0. The fourth-order valence-electron chi connectivity index (χ4n) is 2.24. The molecule has 1 aromatic carbocycles. The highest BCUT2D eigenvalue weighted by atomic mass is 15.1. The molecule has 0 aliphatic heterocycles. The van der Waals surface area contributed by atoms with E-state index in [9.17, 15) is 0 Å². The zero-order valence-electron chi connectivity index (χ0n) is 14.7. The van der Waals surface area contributed by atoms with Crippen LogP contribution in [0.25, 0.3) is 11.0 Å². The van der Waals surface area contributed by atoms with Gasteiger partial charge in [0, 0.05) is 12.0 Å². The number of aromatic nitrogens is 2. The van der Waals surface area contributed by atoms with Crippen molar-refractivity contribution in [3.05, 3.63) is 30.1 Å². The largest absolute Gasteiger partial charge is 0.325 e. The normalized spacial score (nSPS) is 13.5. The molecule has 1 aliphatic carbocycles. The Kier molecular flexibility index (Phi) is 7.49. The SMILES string of the molecule is CC(C)n1c(C2CC2)nc2ccccc21.CCC.CCC. The smallest absolute Gasteiger partial charge is 0.113 e. The van der Waals surface area contributed by atoms with E-state index in [0.717, 1.165) is 11.4 Å². The standard InChI is InChI=1S/C13H16N2.2C3H8/c1-9(2)15-12-6-4-3-5-11(12)14-13(15)10-7-8-10;2*1-3-2/h3-6,9-10H,7-8H2,1-2H3;2*3H2,1-2H3. The molecule has 1 aliphatic rings. The molecule has 0 atom stereocenters. The molecule has 0 spiro atoms. The van der Waals surface area contributed by atoms with Crippen molar-refractivity contribution in [2.24, 2.45) is 0 Å². The topological polar surface area (TPSA) is 17.8 Å². The lowest BCUT2D eigenvalue weighted by Crippen LogP contribution is -2.04. The highest BCUT2D eigenvalue weighted by Crippen LogP contribution is 2.41. The molecular formula is C19H32N2. The van der Waals surface area contributed by atoms with E-state index in [1.54, 1.807) is 0 Å². The molecule has 2 nitrogen and oxygen atoms in total. The van der Waals surface area contributed by atoms with Crippen molar-refractivity contribution < 1.29 is 0 Å². The van der Waals surface area contributed by atoms with Gasteiger partial charge in [-0.15, -0.1) is 0 Å². The Bertz CT molecular complexity index is 519. The lowest BCUT2D eigenvalue weighted by molar-refractivity contribution is 0.585. The Morgan fingerprint density at radius 3 is 2.05 bits per heavy atom. The van der Waals surface area contributed by atoms with Crippen LogP contribution in [-0.2, 0) is 0 Å². The maximum Gasteiger partial charge on any atom is 0.113 e. The molecule has 0 saturated heterocycles. The van der Waals surface area contributed by atoms with Crippen molar-refractivity contribution in [3.63, 3.8) is 0 Å². The van der Waals surface area contributed by atoms with Crippen LogP contribution in [-0.4, -0.2) is 9.55 Å². The molecular weight excluding hydrogens is 256 g/mol. The van der Waals surface area contributed by atoms with E-state index in [4.69, 9.17) is 4.98 Å². The van der Waals surface area contributed by atoms with E-state index in [-0.39, 0.29) is 0 Å². The van der Waals surface area contributed by atoms with Crippen molar-refractivity contribution in [1.82, 2.24) is 9.55 Å². The van der Waals surface area contributed by atoms with Crippen LogP contribution in [0, 0.1) is 0 Å². The lowest BCUT2D eigenvalue weighted by atomic mass is 10.3. The van der Waals surface area contributed by atoms with E-state index in [1.807, 2.05) is 0 Å². The number of hydrogen-bond donors (Lipinski definition) is 0. The maximum absolute atomic E-state index is 4.76. The van der Waals surface area contributed by atoms with Gasteiger partial charge in [0.05, 0.1) is 11.0 Å². The minimum absolute atomic E-state index is 0.507. The van der Waals surface area contributed by atoms with Crippen molar-refractivity contribution >= 4 is 11.0 Å². The van der Waals surface area contributed by atoms with Crippen molar-refractivity contribution in [3.8, 4) is 0 Å². The Morgan fingerprint density at radius 2 is 1.57 bits per heavy atom. The first-order valence-electron chi connectivity index (χ1n) is 8.57. The molecule has 118 valence electrons. The molecule has 2 aromatic rings. The average Bonchev–Trinajstić information content (AvgIpc) is 3.20. The molecule has 0 bridgehead atoms. The first kappa shape index (κ1) is 17.7. The third-order valence-electron chi connectivity index (χ3n) is 3.08. The van der Waals surface area contributed by atoms with Gasteiger partial charge >= 0.3 is 0 Å². The number of benzene rings is 1. The zero-order valence-corrected chi connectivity index (χ0v) is 14.7. The minimum atomic E-state index is 0.507. The van der Waals surface area contributed by atoms with Gasteiger partial charge in [0.1, 0.15) is 5.82 Å². The summed E-state index contributed by atoms with van der Waals surface area (Å²) in [5.41, 5.74) is 2.43. The van der Waals surface area contributed by atoms with Gasteiger partial charge in [-0.1, -0.05) is 52.7 Å². The molecule has 1 heterocycles. The van der Waals surface area contributed by atoms with Crippen molar-refractivity contribution in [2.45, 2.75) is 79.2 Å². The fraction of sp³-hybridized carbons (Fsp3) is 0.632. The Morgan fingerprint density at radius 1 is 1.05 bits per heavy atom. The molecule has 2 heteroatoms.